The van der Waals surface area contributed by atoms with Crippen LogP contribution in [0, 0.1) is 0 Å². The number of ether oxygens (including phenoxy) is 1. The van der Waals surface area contributed by atoms with Gasteiger partial charge in [-0.05, 0) is 52.6 Å². The molecule has 1 aliphatic heterocycles. The third-order valence-corrected chi connectivity index (χ3v) is 10.4. The van der Waals surface area contributed by atoms with Gasteiger partial charge in [-0.2, -0.15) is 0 Å². The third-order valence-electron chi connectivity index (χ3n) is 10.4. The largest absolute Gasteiger partial charge is 0.457 e. The molecule has 5 nitrogen and oxygen atoms in total. The van der Waals surface area contributed by atoms with Crippen LogP contribution in [0.25, 0.3) is 67.2 Å². The summed E-state index contributed by atoms with van der Waals surface area (Å²) in [5.74, 6) is 3.53. The number of hydrogen-bond acceptors (Lipinski definition) is 5. The van der Waals surface area contributed by atoms with Crippen LogP contribution in [0.5, 0.6) is 11.5 Å². The number of benzene rings is 7. The van der Waals surface area contributed by atoms with Crippen LogP contribution in [-0.2, 0) is 5.41 Å². The first-order valence-electron chi connectivity index (χ1n) is 17.1. The van der Waals surface area contributed by atoms with E-state index >= 15 is 0 Å². The molecule has 5 heteroatoms. The van der Waals surface area contributed by atoms with Crippen molar-refractivity contribution in [2.75, 3.05) is 0 Å². The zero-order valence-electron chi connectivity index (χ0n) is 27.2. The van der Waals surface area contributed by atoms with Crippen LogP contribution in [0.1, 0.15) is 22.3 Å². The molecule has 51 heavy (non-hydrogen) atoms. The van der Waals surface area contributed by atoms with Gasteiger partial charge >= 0.3 is 0 Å². The molecule has 0 amide bonds. The van der Waals surface area contributed by atoms with E-state index in [0.29, 0.717) is 17.5 Å². The smallest absolute Gasteiger partial charge is 0.167 e. The van der Waals surface area contributed by atoms with Crippen LogP contribution in [0.15, 0.2) is 168 Å². The molecule has 11 rings (SSSR count). The van der Waals surface area contributed by atoms with Crippen LogP contribution < -0.4 is 4.74 Å². The van der Waals surface area contributed by atoms with Crippen molar-refractivity contribution in [2.24, 2.45) is 0 Å². The minimum Gasteiger partial charge on any atom is -0.457 e. The van der Waals surface area contributed by atoms with E-state index < -0.39 is 5.41 Å². The number of nitrogens with zero attached hydrogens (tertiary/aromatic N) is 3. The van der Waals surface area contributed by atoms with Gasteiger partial charge in [0, 0.05) is 33.0 Å². The summed E-state index contributed by atoms with van der Waals surface area (Å²) in [7, 11) is 0. The lowest BCUT2D eigenvalue weighted by Gasteiger charge is -2.39. The predicted octanol–water partition coefficient (Wildman–Crippen LogP) is 11.2. The number of furan rings is 1. The third kappa shape index (κ3) is 3.94. The van der Waals surface area contributed by atoms with Crippen LogP contribution in [0.4, 0.5) is 0 Å². The monoisotopic (exact) mass is 653 g/mol. The zero-order valence-corrected chi connectivity index (χ0v) is 27.2. The maximum Gasteiger partial charge on any atom is 0.167 e. The second-order valence-corrected chi connectivity index (χ2v) is 13.1. The van der Waals surface area contributed by atoms with Gasteiger partial charge < -0.3 is 9.15 Å². The molecular weight excluding hydrogens is 627 g/mol. The molecule has 0 bridgehead atoms. The van der Waals surface area contributed by atoms with E-state index in [2.05, 4.69) is 84.9 Å². The Labute approximate surface area is 293 Å². The Morgan fingerprint density at radius 3 is 1.61 bits per heavy atom. The van der Waals surface area contributed by atoms with Gasteiger partial charge in [0.2, 0.25) is 0 Å². The van der Waals surface area contributed by atoms with Gasteiger partial charge in [-0.25, -0.2) is 15.0 Å². The molecule has 0 radical (unpaired) electrons. The minimum atomic E-state index is -0.559. The number of fused-ring (bicyclic) bond motifs is 12. The first-order chi connectivity index (χ1) is 25.3. The number of rotatable bonds is 3. The highest BCUT2D eigenvalue weighted by molar-refractivity contribution is 6.11. The second-order valence-electron chi connectivity index (χ2n) is 13.1. The lowest BCUT2D eigenvalue weighted by molar-refractivity contribution is 0.436. The Morgan fingerprint density at radius 1 is 0.392 bits per heavy atom. The number of aromatic nitrogens is 3. The van der Waals surface area contributed by atoms with Crippen LogP contribution in [0.2, 0.25) is 0 Å². The Hall–Kier alpha value is -6.85. The predicted molar refractivity (Wildman–Crippen MR) is 201 cm³/mol. The van der Waals surface area contributed by atoms with Crippen molar-refractivity contribution in [2.45, 2.75) is 5.41 Å². The normalized spacial score (nSPS) is 13.4. The first kappa shape index (κ1) is 28.0. The van der Waals surface area contributed by atoms with E-state index in [-0.39, 0.29) is 0 Å². The van der Waals surface area contributed by atoms with Crippen molar-refractivity contribution in [3.05, 3.63) is 186 Å². The fourth-order valence-electron chi connectivity index (χ4n) is 8.25. The maximum absolute atomic E-state index is 6.86. The summed E-state index contributed by atoms with van der Waals surface area (Å²) in [6, 6.07) is 56.5. The highest BCUT2D eigenvalue weighted by atomic mass is 16.5. The maximum atomic E-state index is 6.86. The van der Waals surface area contributed by atoms with Gasteiger partial charge in [-0.1, -0.05) is 133 Å². The Morgan fingerprint density at radius 2 is 0.941 bits per heavy atom. The minimum absolute atomic E-state index is 0.559. The molecule has 0 saturated heterocycles. The topological polar surface area (TPSA) is 61.0 Å². The van der Waals surface area contributed by atoms with Crippen molar-refractivity contribution in [3.63, 3.8) is 0 Å². The van der Waals surface area contributed by atoms with E-state index in [4.69, 9.17) is 24.1 Å². The van der Waals surface area contributed by atoms with Crippen molar-refractivity contribution in [1.29, 1.82) is 0 Å². The summed E-state index contributed by atoms with van der Waals surface area (Å²) in [4.78, 5) is 15.0. The molecule has 0 unspecified atom stereocenters. The van der Waals surface area contributed by atoms with E-state index in [9.17, 15) is 0 Å². The summed E-state index contributed by atoms with van der Waals surface area (Å²) >= 11 is 0. The fraction of sp³-hybridized carbons (Fsp3) is 0.0217. The van der Waals surface area contributed by atoms with Gasteiger partial charge in [0.1, 0.15) is 22.7 Å². The van der Waals surface area contributed by atoms with Crippen molar-refractivity contribution < 1.29 is 9.15 Å². The second kappa shape index (κ2) is 10.6. The van der Waals surface area contributed by atoms with Crippen molar-refractivity contribution in [1.82, 2.24) is 15.0 Å². The highest BCUT2D eigenvalue weighted by Gasteiger charge is 2.51. The highest BCUT2D eigenvalue weighted by Crippen LogP contribution is 2.62. The number of para-hydroxylation sites is 3. The molecular formula is C46H27N3O2. The Balaban J connectivity index is 1.19. The summed E-state index contributed by atoms with van der Waals surface area (Å²) in [5, 5.41) is 2.05. The van der Waals surface area contributed by atoms with Crippen molar-refractivity contribution in [3.8, 4) is 56.8 Å². The number of hydrogen-bond donors (Lipinski definition) is 0. The average Bonchev–Trinajstić information content (AvgIpc) is 3.71. The summed E-state index contributed by atoms with van der Waals surface area (Å²) in [6.07, 6.45) is 0. The zero-order chi connectivity index (χ0) is 33.5. The van der Waals surface area contributed by atoms with E-state index in [1.165, 1.54) is 16.7 Å². The quantitative estimate of drug-likeness (QED) is 0.190. The van der Waals surface area contributed by atoms with E-state index in [0.717, 1.165) is 66.8 Å². The van der Waals surface area contributed by atoms with Crippen LogP contribution >= 0.6 is 0 Å². The van der Waals surface area contributed by atoms with Gasteiger partial charge in [-0.15, -0.1) is 0 Å². The molecule has 0 fully saturated rings. The molecule has 0 N–H and O–H groups in total. The molecule has 9 aromatic rings. The lowest BCUT2D eigenvalue weighted by atomic mass is 9.66. The molecule has 0 saturated carbocycles. The van der Waals surface area contributed by atoms with Gasteiger partial charge in [0.25, 0.3) is 0 Å². The SMILES string of the molecule is c1ccc(-c2nc(-c3ccccc3)nc(-c3cccc4c3oc3cc5c(cc34)C3(c4ccccc4Oc4ccccc43)c3ccccc3-5)n2)cc1. The Bertz CT molecular complexity index is 2740. The molecule has 7 aromatic carbocycles. The summed E-state index contributed by atoms with van der Waals surface area (Å²) in [6.45, 7) is 0. The van der Waals surface area contributed by atoms with Gasteiger partial charge in [0.15, 0.2) is 17.5 Å². The van der Waals surface area contributed by atoms with Crippen LogP contribution in [-0.4, -0.2) is 15.0 Å². The van der Waals surface area contributed by atoms with Crippen molar-refractivity contribution >= 4 is 21.9 Å². The van der Waals surface area contributed by atoms with E-state index in [1.54, 1.807) is 0 Å². The fourth-order valence-corrected chi connectivity index (χ4v) is 8.25. The summed E-state index contributed by atoms with van der Waals surface area (Å²) in [5.41, 5.74) is 10.7. The Kier molecular flexibility index (Phi) is 5.81. The first-order valence-corrected chi connectivity index (χ1v) is 17.1. The van der Waals surface area contributed by atoms with Gasteiger partial charge in [0.05, 0.1) is 11.0 Å². The standard InChI is InChI=1S/C46H27N3O2/c1-3-14-28(15-4-1)43-47-44(29-16-5-2-6-17-29)49-45(48-43)32-20-13-19-31-34-26-38-33(27-41(34)51-42(31)32)30-18-7-8-21-35(30)46(38)36-22-9-11-24-39(36)50-40-25-12-10-23-37(40)46/h1-27H. The molecule has 0 atom stereocenters. The molecule has 3 heterocycles. The van der Waals surface area contributed by atoms with Crippen LogP contribution in [0.3, 0.4) is 0 Å². The van der Waals surface area contributed by atoms with Gasteiger partial charge in [-0.3, -0.25) is 0 Å². The lowest BCUT2D eigenvalue weighted by Crippen LogP contribution is -2.32. The molecule has 1 spiro atoms. The molecule has 2 aliphatic rings. The average molecular weight is 654 g/mol. The summed E-state index contributed by atoms with van der Waals surface area (Å²) < 4.78 is 13.4. The molecule has 2 aromatic heterocycles. The molecule has 238 valence electrons. The van der Waals surface area contributed by atoms with E-state index in [1.807, 2.05) is 78.9 Å². The molecule has 1 aliphatic carbocycles.